The van der Waals surface area contributed by atoms with E-state index in [1.54, 1.807) is 42.5 Å². The van der Waals surface area contributed by atoms with E-state index in [4.69, 9.17) is 4.42 Å². The first kappa shape index (κ1) is 14.8. The Bertz CT molecular complexity index is 661. The van der Waals surface area contributed by atoms with E-state index < -0.39 is 0 Å². The summed E-state index contributed by atoms with van der Waals surface area (Å²) in [5.41, 5.74) is 2.13. The quantitative estimate of drug-likeness (QED) is 0.875. The zero-order chi connectivity index (χ0) is 15.4. The van der Waals surface area contributed by atoms with E-state index in [9.17, 15) is 9.59 Å². The van der Waals surface area contributed by atoms with Crippen LogP contribution >= 0.6 is 0 Å². The molecule has 0 aliphatic rings. The SMILES string of the molecule is CC(=O)c1cccc(NC(=O)N(C)Cc2ccoc2C)c1. The highest BCUT2D eigenvalue weighted by molar-refractivity contribution is 5.96. The standard InChI is InChI=1S/C16H18N2O3/c1-11(19)13-5-4-6-15(9-13)17-16(20)18(3)10-14-7-8-21-12(14)2/h4-9H,10H2,1-3H3,(H,17,20). The van der Waals surface area contributed by atoms with Gasteiger partial charge in [-0.1, -0.05) is 12.1 Å². The minimum absolute atomic E-state index is 0.0338. The molecule has 2 amide bonds. The van der Waals surface area contributed by atoms with Gasteiger partial charge in [-0.2, -0.15) is 0 Å². The Hall–Kier alpha value is -2.56. The van der Waals surface area contributed by atoms with Crippen LogP contribution in [0.15, 0.2) is 41.0 Å². The van der Waals surface area contributed by atoms with Crippen molar-refractivity contribution in [3.8, 4) is 0 Å². The van der Waals surface area contributed by atoms with Crippen molar-refractivity contribution >= 4 is 17.5 Å². The Morgan fingerprint density at radius 2 is 2.05 bits per heavy atom. The molecule has 0 aliphatic heterocycles. The highest BCUT2D eigenvalue weighted by Gasteiger charge is 2.12. The Labute approximate surface area is 123 Å². The summed E-state index contributed by atoms with van der Waals surface area (Å²) in [6, 6.07) is 8.48. The van der Waals surface area contributed by atoms with Gasteiger partial charge >= 0.3 is 6.03 Å². The van der Waals surface area contributed by atoms with Crippen molar-refractivity contribution in [1.82, 2.24) is 4.90 Å². The molecular formula is C16H18N2O3. The van der Waals surface area contributed by atoms with Gasteiger partial charge in [-0.15, -0.1) is 0 Å². The van der Waals surface area contributed by atoms with Gasteiger partial charge in [0.15, 0.2) is 5.78 Å². The summed E-state index contributed by atoms with van der Waals surface area (Å²) in [4.78, 5) is 25.0. The van der Waals surface area contributed by atoms with E-state index in [1.165, 1.54) is 6.92 Å². The summed E-state index contributed by atoms with van der Waals surface area (Å²) in [5.74, 6) is 0.765. The van der Waals surface area contributed by atoms with Gasteiger partial charge in [0.05, 0.1) is 12.8 Å². The van der Waals surface area contributed by atoms with E-state index in [0.29, 0.717) is 17.8 Å². The third kappa shape index (κ3) is 3.72. The van der Waals surface area contributed by atoms with E-state index in [1.807, 2.05) is 13.0 Å². The van der Waals surface area contributed by atoms with Crippen LogP contribution in [0, 0.1) is 6.92 Å². The van der Waals surface area contributed by atoms with Gasteiger partial charge in [-0.3, -0.25) is 4.79 Å². The number of anilines is 1. The van der Waals surface area contributed by atoms with Crippen LogP contribution in [0.4, 0.5) is 10.5 Å². The fourth-order valence-electron chi connectivity index (χ4n) is 1.94. The predicted molar refractivity (Wildman–Crippen MR) is 80.4 cm³/mol. The van der Waals surface area contributed by atoms with E-state index >= 15 is 0 Å². The molecule has 1 aromatic heterocycles. The number of rotatable bonds is 4. The van der Waals surface area contributed by atoms with E-state index in [2.05, 4.69) is 5.32 Å². The lowest BCUT2D eigenvalue weighted by Gasteiger charge is -2.17. The average Bonchev–Trinajstić information content (AvgIpc) is 2.84. The Kier molecular flexibility index (Phi) is 4.42. The number of Topliss-reactive ketones (excluding diaryl/α,β-unsaturated/α-hetero) is 1. The molecule has 5 nitrogen and oxygen atoms in total. The molecule has 5 heteroatoms. The first-order chi connectivity index (χ1) is 9.97. The summed E-state index contributed by atoms with van der Waals surface area (Å²) in [5, 5.41) is 2.77. The number of furan rings is 1. The van der Waals surface area contributed by atoms with Crippen LogP contribution in [-0.2, 0) is 6.54 Å². The number of carbonyl (C=O) groups excluding carboxylic acids is 2. The predicted octanol–water partition coefficient (Wildman–Crippen LogP) is 3.45. The molecular weight excluding hydrogens is 268 g/mol. The van der Waals surface area contributed by atoms with Crippen LogP contribution in [0.25, 0.3) is 0 Å². The zero-order valence-electron chi connectivity index (χ0n) is 12.3. The topological polar surface area (TPSA) is 62.6 Å². The van der Waals surface area contributed by atoms with Crippen molar-refractivity contribution in [2.45, 2.75) is 20.4 Å². The van der Waals surface area contributed by atoms with Crippen LogP contribution in [0.5, 0.6) is 0 Å². The number of ketones is 1. The number of benzene rings is 1. The number of nitrogens with one attached hydrogen (secondary N) is 1. The summed E-state index contributed by atoms with van der Waals surface area (Å²) < 4.78 is 5.21. The maximum atomic E-state index is 12.1. The van der Waals surface area contributed by atoms with Crippen molar-refractivity contribution < 1.29 is 14.0 Å². The minimum atomic E-state index is -0.240. The van der Waals surface area contributed by atoms with Gasteiger partial charge in [-0.05, 0) is 32.0 Å². The molecule has 110 valence electrons. The second-order valence-corrected chi connectivity index (χ2v) is 4.93. The highest BCUT2D eigenvalue weighted by Crippen LogP contribution is 2.14. The summed E-state index contributed by atoms with van der Waals surface area (Å²) in [6.07, 6.45) is 1.60. The molecule has 0 spiro atoms. The Balaban J connectivity index is 2.02. The van der Waals surface area contributed by atoms with Crippen molar-refractivity contribution in [2.75, 3.05) is 12.4 Å². The summed E-state index contributed by atoms with van der Waals surface area (Å²) in [7, 11) is 1.70. The molecule has 1 N–H and O–H groups in total. The molecule has 2 aromatic rings. The summed E-state index contributed by atoms with van der Waals surface area (Å²) in [6.45, 7) is 3.81. The first-order valence-corrected chi connectivity index (χ1v) is 6.63. The van der Waals surface area contributed by atoms with E-state index in [-0.39, 0.29) is 11.8 Å². The minimum Gasteiger partial charge on any atom is -0.469 e. The van der Waals surface area contributed by atoms with Crippen molar-refractivity contribution in [2.24, 2.45) is 0 Å². The maximum Gasteiger partial charge on any atom is 0.321 e. The number of urea groups is 1. The normalized spacial score (nSPS) is 10.2. The zero-order valence-corrected chi connectivity index (χ0v) is 12.3. The molecule has 0 saturated heterocycles. The number of hydrogen-bond donors (Lipinski definition) is 1. The summed E-state index contributed by atoms with van der Waals surface area (Å²) >= 11 is 0. The van der Waals surface area contributed by atoms with Crippen LogP contribution in [-0.4, -0.2) is 23.8 Å². The van der Waals surface area contributed by atoms with Gasteiger partial charge in [0, 0.05) is 23.9 Å². The van der Waals surface area contributed by atoms with Gasteiger partial charge in [-0.25, -0.2) is 4.79 Å². The second kappa shape index (κ2) is 6.26. The van der Waals surface area contributed by atoms with Crippen molar-refractivity contribution in [3.05, 3.63) is 53.5 Å². The van der Waals surface area contributed by atoms with E-state index in [0.717, 1.165) is 11.3 Å². The molecule has 0 atom stereocenters. The maximum absolute atomic E-state index is 12.1. The number of aryl methyl sites for hydroxylation is 1. The number of carbonyl (C=O) groups is 2. The van der Waals surface area contributed by atoms with Crippen LogP contribution < -0.4 is 5.32 Å². The highest BCUT2D eigenvalue weighted by atomic mass is 16.3. The van der Waals surface area contributed by atoms with Gasteiger partial charge < -0.3 is 14.6 Å². The first-order valence-electron chi connectivity index (χ1n) is 6.63. The van der Waals surface area contributed by atoms with Crippen molar-refractivity contribution in [3.63, 3.8) is 0 Å². The lowest BCUT2D eigenvalue weighted by Crippen LogP contribution is -2.30. The Morgan fingerprint density at radius 1 is 1.29 bits per heavy atom. The fraction of sp³-hybridized carbons (Fsp3) is 0.250. The van der Waals surface area contributed by atoms with Crippen LogP contribution in [0.3, 0.4) is 0 Å². The second-order valence-electron chi connectivity index (χ2n) is 4.93. The van der Waals surface area contributed by atoms with Crippen LogP contribution in [0.2, 0.25) is 0 Å². The number of nitrogens with zero attached hydrogens (tertiary/aromatic N) is 1. The molecule has 0 bridgehead atoms. The molecule has 1 heterocycles. The lowest BCUT2D eigenvalue weighted by atomic mass is 10.1. The molecule has 0 aliphatic carbocycles. The molecule has 0 radical (unpaired) electrons. The fourth-order valence-corrected chi connectivity index (χ4v) is 1.94. The van der Waals surface area contributed by atoms with Gasteiger partial charge in [0.25, 0.3) is 0 Å². The lowest BCUT2D eigenvalue weighted by molar-refractivity contribution is 0.101. The molecule has 0 unspecified atom stereocenters. The van der Waals surface area contributed by atoms with Crippen LogP contribution in [0.1, 0.15) is 28.6 Å². The Morgan fingerprint density at radius 3 is 2.67 bits per heavy atom. The molecule has 1 aromatic carbocycles. The monoisotopic (exact) mass is 286 g/mol. The van der Waals surface area contributed by atoms with Crippen molar-refractivity contribution in [1.29, 1.82) is 0 Å². The third-order valence-corrected chi connectivity index (χ3v) is 3.24. The van der Waals surface area contributed by atoms with Gasteiger partial charge in [0.1, 0.15) is 5.76 Å². The number of hydrogen-bond acceptors (Lipinski definition) is 3. The average molecular weight is 286 g/mol. The molecule has 0 fully saturated rings. The molecule has 21 heavy (non-hydrogen) atoms. The number of amides is 2. The largest absolute Gasteiger partial charge is 0.469 e. The molecule has 0 saturated carbocycles. The molecule has 2 rings (SSSR count). The smallest absolute Gasteiger partial charge is 0.321 e. The third-order valence-electron chi connectivity index (χ3n) is 3.24. The van der Waals surface area contributed by atoms with Gasteiger partial charge in [0.2, 0.25) is 0 Å².